The zero-order valence-electron chi connectivity index (χ0n) is 10.4. The van der Waals surface area contributed by atoms with Gasteiger partial charge in [0.25, 0.3) is 0 Å². The van der Waals surface area contributed by atoms with E-state index in [1.807, 2.05) is 19.9 Å². The summed E-state index contributed by atoms with van der Waals surface area (Å²) in [5.41, 5.74) is 5.69. The number of carbonyl (C=O) groups excluding carboxylic acids is 1. The fourth-order valence-corrected chi connectivity index (χ4v) is 0.623. The maximum Gasteiger partial charge on any atom is 0.244 e. The molecule has 15 heavy (non-hydrogen) atoms. The minimum absolute atomic E-state index is 0.0556. The Hall–Kier alpha value is -0.830. The minimum Gasteiger partial charge on any atom is -0.366 e. The Balaban J connectivity index is 0. The molecule has 1 radical (unpaired) electrons. The van der Waals surface area contributed by atoms with Gasteiger partial charge in [0.1, 0.15) is 0 Å². The van der Waals surface area contributed by atoms with Crippen molar-refractivity contribution in [1.29, 1.82) is 0 Å². The molecule has 2 N–H and O–H groups in total. The van der Waals surface area contributed by atoms with Crippen LogP contribution in [0.1, 0.15) is 47.0 Å². The van der Waals surface area contributed by atoms with Crippen molar-refractivity contribution in [2.24, 2.45) is 11.7 Å². The molecule has 0 aliphatic heterocycles. The van der Waals surface area contributed by atoms with Crippen molar-refractivity contribution in [3.8, 4) is 0 Å². The molecule has 3 heteroatoms. The summed E-state index contributed by atoms with van der Waals surface area (Å²) in [6, 6.07) is 0. The lowest BCUT2D eigenvalue weighted by Crippen LogP contribution is -2.11. The van der Waals surface area contributed by atoms with Gasteiger partial charge in [-0.25, -0.2) is 5.11 Å². The van der Waals surface area contributed by atoms with Crippen LogP contribution in [0, 0.1) is 5.92 Å². The van der Waals surface area contributed by atoms with Crippen molar-refractivity contribution in [2.75, 3.05) is 6.61 Å². The highest BCUT2D eigenvalue weighted by molar-refractivity contribution is 5.91. The molecular weight excluding hydrogens is 190 g/mol. The topological polar surface area (TPSA) is 63.0 Å². The molecule has 3 nitrogen and oxygen atoms in total. The lowest BCUT2D eigenvalue weighted by Gasteiger charge is -1.92. The number of primary amides is 1. The van der Waals surface area contributed by atoms with E-state index in [9.17, 15) is 9.90 Å². The minimum atomic E-state index is -0.309. The number of rotatable bonds is 5. The molecule has 0 aromatic rings. The molecule has 0 aromatic heterocycles. The number of hydrogen-bond acceptors (Lipinski definition) is 1. The van der Waals surface area contributed by atoms with Gasteiger partial charge in [-0.15, -0.1) is 0 Å². The molecule has 0 atom stereocenters. The van der Waals surface area contributed by atoms with Gasteiger partial charge < -0.3 is 5.73 Å². The highest BCUT2D eigenvalue weighted by Gasteiger charge is 1.93. The predicted octanol–water partition coefficient (Wildman–Crippen LogP) is 2.68. The van der Waals surface area contributed by atoms with Crippen LogP contribution in [0.4, 0.5) is 0 Å². The van der Waals surface area contributed by atoms with Gasteiger partial charge in [0.15, 0.2) is 0 Å². The Morgan fingerprint density at radius 2 is 1.87 bits per heavy atom. The molecule has 0 heterocycles. The fraction of sp³-hybridized carbons (Fsp3) is 0.750. The first-order valence-corrected chi connectivity index (χ1v) is 5.50. The van der Waals surface area contributed by atoms with Gasteiger partial charge in [0.2, 0.25) is 5.91 Å². The number of allylic oxidation sites excluding steroid dienone is 1. The van der Waals surface area contributed by atoms with Crippen molar-refractivity contribution >= 4 is 5.91 Å². The quantitative estimate of drug-likeness (QED) is 0.555. The van der Waals surface area contributed by atoms with E-state index in [0.717, 1.165) is 19.3 Å². The maximum atomic E-state index is 10.4. The average Bonchev–Trinajstić information content (AvgIpc) is 2.18. The highest BCUT2D eigenvalue weighted by Crippen LogP contribution is 1.99. The first-order valence-electron chi connectivity index (χ1n) is 5.50. The van der Waals surface area contributed by atoms with Crippen LogP contribution >= 0.6 is 0 Å². The van der Waals surface area contributed by atoms with E-state index < -0.39 is 0 Å². The Bertz CT molecular complexity index is 186. The number of nitrogens with two attached hydrogens (primary N) is 1. The van der Waals surface area contributed by atoms with Crippen LogP contribution in [0.2, 0.25) is 0 Å². The predicted molar refractivity (Wildman–Crippen MR) is 62.9 cm³/mol. The largest absolute Gasteiger partial charge is 0.366 e. The first kappa shape index (κ1) is 16.6. The number of carbonyl (C=O) groups is 1. The molecule has 0 saturated carbocycles. The summed E-state index contributed by atoms with van der Waals surface area (Å²) < 4.78 is 0. The Labute approximate surface area is 93.4 Å². The molecular formula is C12H24NO2. The van der Waals surface area contributed by atoms with Gasteiger partial charge in [0, 0.05) is 5.57 Å². The Kier molecular flexibility index (Phi) is 12.4. The Morgan fingerprint density at radius 1 is 1.40 bits per heavy atom. The van der Waals surface area contributed by atoms with Gasteiger partial charge in [-0.2, -0.15) is 0 Å². The lowest BCUT2D eigenvalue weighted by molar-refractivity contribution is -0.114. The normalized spacial score (nSPS) is 10.9. The molecule has 0 aliphatic rings. The fourth-order valence-electron chi connectivity index (χ4n) is 0.623. The highest BCUT2D eigenvalue weighted by atomic mass is 16.3. The smallest absolute Gasteiger partial charge is 0.244 e. The second kappa shape index (κ2) is 11.2. The molecule has 0 saturated heterocycles. The summed E-state index contributed by atoms with van der Waals surface area (Å²) in [4.78, 5) is 10.4. The van der Waals surface area contributed by atoms with Crippen molar-refractivity contribution in [3.05, 3.63) is 11.6 Å². The van der Waals surface area contributed by atoms with E-state index in [2.05, 4.69) is 6.92 Å². The summed E-state index contributed by atoms with van der Waals surface area (Å²) >= 11 is 0. The third-order valence-corrected chi connectivity index (χ3v) is 1.73. The molecule has 0 unspecified atom stereocenters. The number of unbranched alkanes of at least 4 members (excludes halogenated alkanes) is 2. The van der Waals surface area contributed by atoms with Crippen LogP contribution in [-0.4, -0.2) is 12.5 Å². The van der Waals surface area contributed by atoms with E-state index in [1.165, 1.54) is 0 Å². The molecule has 1 amide bonds. The van der Waals surface area contributed by atoms with Gasteiger partial charge in [-0.3, -0.25) is 4.79 Å². The number of amides is 1. The average molecular weight is 214 g/mol. The molecule has 0 aromatic carbocycles. The van der Waals surface area contributed by atoms with Crippen molar-refractivity contribution in [3.63, 3.8) is 0 Å². The zero-order valence-corrected chi connectivity index (χ0v) is 10.4. The molecule has 0 fully saturated rings. The summed E-state index contributed by atoms with van der Waals surface area (Å²) in [6.45, 7) is 7.74. The van der Waals surface area contributed by atoms with Crippen LogP contribution in [-0.2, 0) is 9.90 Å². The third-order valence-electron chi connectivity index (χ3n) is 1.73. The first-order chi connectivity index (χ1) is 6.95. The standard InChI is InChI=1S/C8H15NO.C4H9O/c1-3-4-5-6-7(2)8(9)10;1-4(2)3-5/h6H,3-5H2,1-2H3,(H2,9,10);4H,3H2,1-2H3. The second-order valence-corrected chi connectivity index (χ2v) is 3.95. The van der Waals surface area contributed by atoms with E-state index in [4.69, 9.17) is 5.73 Å². The van der Waals surface area contributed by atoms with Crippen LogP contribution in [0.3, 0.4) is 0 Å². The zero-order chi connectivity index (χ0) is 12.3. The van der Waals surface area contributed by atoms with Crippen LogP contribution in [0.5, 0.6) is 0 Å². The van der Waals surface area contributed by atoms with Gasteiger partial charge >= 0.3 is 0 Å². The summed E-state index contributed by atoms with van der Waals surface area (Å²) in [5.74, 6) is 0.0195. The number of hydrogen-bond donors (Lipinski definition) is 1. The van der Waals surface area contributed by atoms with E-state index in [-0.39, 0.29) is 12.5 Å². The SMILES string of the molecule is CC(C)C[O].CCCCC=C(C)C(N)=O. The molecule has 0 spiro atoms. The molecule has 0 bridgehead atoms. The molecule has 0 aliphatic carbocycles. The van der Waals surface area contributed by atoms with Crippen LogP contribution < -0.4 is 5.73 Å². The van der Waals surface area contributed by atoms with Crippen molar-refractivity contribution < 1.29 is 9.90 Å². The van der Waals surface area contributed by atoms with Gasteiger partial charge in [-0.05, 0) is 19.3 Å². The van der Waals surface area contributed by atoms with E-state index >= 15 is 0 Å². The van der Waals surface area contributed by atoms with Crippen LogP contribution in [0.15, 0.2) is 11.6 Å². The summed E-state index contributed by atoms with van der Waals surface area (Å²) in [6.07, 6.45) is 5.14. The van der Waals surface area contributed by atoms with E-state index in [1.54, 1.807) is 6.92 Å². The Morgan fingerprint density at radius 3 is 2.13 bits per heavy atom. The summed E-state index contributed by atoms with van der Waals surface area (Å²) in [7, 11) is 0. The van der Waals surface area contributed by atoms with E-state index in [0.29, 0.717) is 11.5 Å². The lowest BCUT2D eigenvalue weighted by atomic mass is 10.2. The van der Waals surface area contributed by atoms with Crippen molar-refractivity contribution in [1.82, 2.24) is 0 Å². The molecule has 89 valence electrons. The second-order valence-electron chi connectivity index (χ2n) is 3.95. The van der Waals surface area contributed by atoms with Crippen LogP contribution in [0.25, 0.3) is 0 Å². The maximum absolute atomic E-state index is 10.4. The third kappa shape index (κ3) is 15.9. The van der Waals surface area contributed by atoms with Crippen molar-refractivity contribution in [2.45, 2.75) is 47.0 Å². The summed E-state index contributed by atoms with van der Waals surface area (Å²) in [5, 5.41) is 9.63. The monoisotopic (exact) mass is 214 g/mol. The molecule has 0 rings (SSSR count). The van der Waals surface area contributed by atoms with Gasteiger partial charge in [-0.1, -0.05) is 39.7 Å². The van der Waals surface area contributed by atoms with Gasteiger partial charge in [0.05, 0.1) is 6.61 Å².